The molecule has 128 valence electrons. The average Bonchev–Trinajstić information content (AvgIpc) is 2.60. The van der Waals surface area contributed by atoms with Crippen molar-refractivity contribution in [3.63, 3.8) is 0 Å². The number of fused-ring (bicyclic) bond motifs is 1. The van der Waals surface area contributed by atoms with Crippen molar-refractivity contribution in [1.29, 1.82) is 0 Å². The molecule has 1 aliphatic heterocycles. The molecule has 2 atom stereocenters. The maximum absolute atomic E-state index is 12.6. The lowest BCUT2D eigenvalue weighted by molar-refractivity contribution is -0.130. The number of hydrogen-bond donors (Lipinski definition) is 1. The minimum absolute atomic E-state index is 0.144. The summed E-state index contributed by atoms with van der Waals surface area (Å²) in [5.41, 5.74) is 6.02. The van der Waals surface area contributed by atoms with Crippen LogP contribution in [0.15, 0.2) is 41.3 Å². The Morgan fingerprint density at radius 3 is 2.88 bits per heavy atom. The van der Waals surface area contributed by atoms with Crippen LogP contribution in [-0.2, 0) is 4.79 Å². The molecule has 1 heterocycles. The van der Waals surface area contributed by atoms with E-state index in [0.29, 0.717) is 11.7 Å². The number of nitrogens with zero attached hydrogens (tertiary/aromatic N) is 1. The first-order valence-electron chi connectivity index (χ1n) is 8.39. The van der Waals surface area contributed by atoms with Crippen LogP contribution in [0.4, 0.5) is 0 Å². The number of benzene rings is 2. The average molecular weight is 363 g/mol. The lowest BCUT2D eigenvalue weighted by Crippen LogP contribution is -2.45. The Morgan fingerprint density at radius 2 is 2.12 bits per heavy atom. The topological polar surface area (TPSA) is 46.3 Å². The molecule has 0 spiro atoms. The number of carbonyl (C=O) groups is 1. The molecule has 1 amide bonds. The fraction of sp³-hybridized carbons (Fsp3) is 0.421. The molecule has 1 aliphatic rings. The van der Waals surface area contributed by atoms with E-state index in [9.17, 15) is 4.79 Å². The zero-order chi connectivity index (χ0) is 17.1. The van der Waals surface area contributed by atoms with Gasteiger partial charge in [-0.15, -0.1) is 11.8 Å². The summed E-state index contributed by atoms with van der Waals surface area (Å²) in [5, 5.41) is 2.87. The predicted octanol–water partition coefficient (Wildman–Crippen LogP) is 4.17. The van der Waals surface area contributed by atoms with Crippen LogP contribution in [0.1, 0.15) is 19.8 Å². The van der Waals surface area contributed by atoms with Crippen molar-refractivity contribution in [2.24, 2.45) is 11.7 Å². The molecule has 0 radical (unpaired) electrons. The number of piperidine rings is 1. The molecule has 0 aromatic heterocycles. The number of halogens is 1. The number of likely N-dealkylation sites (tertiary alicyclic amines) is 1. The molecule has 3 nitrogen and oxygen atoms in total. The van der Waals surface area contributed by atoms with Gasteiger partial charge in [0.2, 0.25) is 5.91 Å². The highest BCUT2D eigenvalue weighted by Gasteiger charge is 2.25. The van der Waals surface area contributed by atoms with Crippen LogP contribution in [-0.4, -0.2) is 35.7 Å². The largest absolute Gasteiger partial charge is 0.342 e. The molecule has 5 heteroatoms. The van der Waals surface area contributed by atoms with Gasteiger partial charge < -0.3 is 10.6 Å². The van der Waals surface area contributed by atoms with E-state index in [4.69, 9.17) is 17.3 Å². The van der Waals surface area contributed by atoms with E-state index >= 15 is 0 Å². The monoisotopic (exact) mass is 362 g/mol. The zero-order valence-electron chi connectivity index (χ0n) is 13.9. The first kappa shape index (κ1) is 17.6. The Bertz CT molecular complexity index is 729. The third kappa shape index (κ3) is 3.88. The second-order valence-electron chi connectivity index (χ2n) is 6.48. The van der Waals surface area contributed by atoms with E-state index in [1.165, 1.54) is 0 Å². The highest BCUT2D eigenvalue weighted by atomic mass is 35.5. The van der Waals surface area contributed by atoms with Crippen molar-refractivity contribution in [3.05, 3.63) is 41.4 Å². The van der Waals surface area contributed by atoms with Gasteiger partial charge >= 0.3 is 0 Å². The Labute approximate surface area is 152 Å². The van der Waals surface area contributed by atoms with E-state index in [0.717, 1.165) is 46.6 Å². The summed E-state index contributed by atoms with van der Waals surface area (Å²) in [6, 6.07) is 12.1. The van der Waals surface area contributed by atoms with Crippen LogP contribution in [0, 0.1) is 5.92 Å². The summed E-state index contributed by atoms with van der Waals surface area (Å²) >= 11 is 7.93. The third-order valence-electron chi connectivity index (χ3n) is 4.72. The molecule has 2 aromatic carbocycles. The normalized spacial score (nSPS) is 19.5. The van der Waals surface area contributed by atoms with Gasteiger partial charge in [-0.3, -0.25) is 4.79 Å². The number of hydrogen-bond acceptors (Lipinski definition) is 3. The lowest BCUT2D eigenvalue weighted by Gasteiger charge is -2.34. The van der Waals surface area contributed by atoms with Gasteiger partial charge in [0.15, 0.2) is 0 Å². The maximum atomic E-state index is 12.6. The van der Waals surface area contributed by atoms with Crippen LogP contribution in [0.2, 0.25) is 5.02 Å². The van der Waals surface area contributed by atoms with Gasteiger partial charge in [-0.1, -0.05) is 35.9 Å². The first-order chi connectivity index (χ1) is 11.6. The van der Waals surface area contributed by atoms with Gasteiger partial charge in [0, 0.05) is 34.4 Å². The van der Waals surface area contributed by atoms with Crippen LogP contribution >= 0.6 is 23.4 Å². The second kappa shape index (κ2) is 7.77. The Hall–Kier alpha value is -1.23. The van der Waals surface area contributed by atoms with Crippen molar-refractivity contribution in [2.75, 3.05) is 18.8 Å². The van der Waals surface area contributed by atoms with Crippen molar-refractivity contribution in [1.82, 2.24) is 4.90 Å². The van der Waals surface area contributed by atoms with E-state index in [1.807, 2.05) is 48.2 Å². The number of amides is 1. The summed E-state index contributed by atoms with van der Waals surface area (Å²) < 4.78 is 0. The van der Waals surface area contributed by atoms with E-state index in [1.54, 1.807) is 11.8 Å². The van der Waals surface area contributed by atoms with Gasteiger partial charge in [0.1, 0.15) is 0 Å². The van der Waals surface area contributed by atoms with Gasteiger partial charge in [-0.2, -0.15) is 0 Å². The number of thioether (sulfide) groups is 1. The Morgan fingerprint density at radius 1 is 1.38 bits per heavy atom. The lowest BCUT2D eigenvalue weighted by atomic mass is 9.92. The molecule has 1 saturated heterocycles. The standard InChI is InChI=1S/C19H23ClN2OS/c1-13(21)15-7-4-10-22(11-15)18(23)12-24-17-9-3-6-14-5-2-8-16(20)19(14)17/h2-3,5-6,8-9,13,15H,4,7,10-12,21H2,1H3. The van der Waals surface area contributed by atoms with Gasteiger partial charge in [-0.05, 0) is 43.2 Å². The molecule has 3 rings (SSSR count). The SMILES string of the molecule is CC(N)C1CCCN(C(=O)CSc2cccc3cccc(Cl)c23)C1. The molecule has 0 bridgehead atoms. The van der Waals surface area contributed by atoms with Crippen LogP contribution in [0.3, 0.4) is 0 Å². The summed E-state index contributed by atoms with van der Waals surface area (Å²) in [4.78, 5) is 15.6. The zero-order valence-corrected chi connectivity index (χ0v) is 15.4. The van der Waals surface area contributed by atoms with Crippen LogP contribution < -0.4 is 5.73 Å². The minimum atomic E-state index is 0.144. The van der Waals surface area contributed by atoms with Crippen LogP contribution in [0.5, 0.6) is 0 Å². The highest BCUT2D eigenvalue weighted by Crippen LogP contribution is 2.33. The van der Waals surface area contributed by atoms with Crippen molar-refractivity contribution in [3.8, 4) is 0 Å². The molecule has 2 aromatic rings. The van der Waals surface area contributed by atoms with Gasteiger partial charge in [0.05, 0.1) is 5.75 Å². The maximum Gasteiger partial charge on any atom is 0.232 e. The quantitative estimate of drug-likeness (QED) is 0.830. The third-order valence-corrected chi connectivity index (χ3v) is 6.08. The Kier molecular flexibility index (Phi) is 5.69. The summed E-state index contributed by atoms with van der Waals surface area (Å²) in [6.07, 6.45) is 2.16. The van der Waals surface area contributed by atoms with Crippen molar-refractivity contribution >= 4 is 40.0 Å². The van der Waals surface area contributed by atoms with Crippen molar-refractivity contribution < 1.29 is 4.79 Å². The predicted molar refractivity (Wildman–Crippen MR) is 103 cm³/mol. The highest BCUT2D eigenvalue weighted by molar-refractivity contribution is 8.00. The molecular weight excluding hydrogens is 340 g/mol. The first-order valence-corrected chi connectivity index (χ1v) is 9.76. The molecule has 2 unspecified atom stereocenters. The minimum Gasteiger partial charge on any atom is -0.342 e. The molecule has 0 aliphatic carbocycles. The summed E-state index contributed by atoms with van der Waals surface area (Å²) in [5.74, 6) is 1.05. The van der Waals surface area contributed by atoms with E-state index in [2.05, 4.69) is 0 Å². The van der Waals surface area contributed by atoms with E-state index < -0.39 is 0 Å². The Balaban J connectivity index is 1.69. The molecule has 1 fully saturated rings. The van der Waals surface area contributed by atoms with Gasteiger partial charge in [0.25, 0.3) is 0 Å². The number of rotatable bonds is 4. The fourth-order valence-corrected chi connectivity index (χ4v) is 4.63. The molecule has 0 saturated carbocycles. The van der Waals surface area contributed by atoms with Crippen molar-refractivity contribution in [2.45, 2.75) is 30.7 Å². The van der Waals surface area contributed by atoms with Gasteiger partial charge in [-0.25, -0.2) is 0 Å². The molecule has 24 heavy (non-hydrogen) atoms. The summed E-state index contributed by atoms with van der Waals surface area (Å²) in [7, 11) is 0. The molecule has 2 N–H and O–H groups in total. The molecular formula is C19H23ClN2OS. The number of carbonyl (C=O) groups excluding carboxylic acids is 1. The smallest absolute Gasteiger partial charge is 0.232 e. The fourth-order valence-electron chi connectivity index (χ4n) is 3.28. The second-order valence-corrected chi connectivity index (χ2v) is 7.91. The number of nitrogens with two attached hydrogens (primary N) is 1. The summed E-state index contributed by atoms with van der Waals surface area (Å²) in [6.45, 7) is 3.66. The van der Waals surface area contributed by atoms with Crippen LogP contribution in [0.25, 0.3) is 10.8 Å². The van der Waals surface area contributed by atoms with E-state index in [-0.39, 0.29) is 11.9 Å².